The van der Waals surface area contributed by atoms with Crippen LogP contribution in [0.2, 0.25) is 0 Å². The Morgan fingerprint density at radius 2 is 1.41 bits per heavy atom. The number of hydrogen-bond donors (Lipinski definition) is 0. The summed E-state index contributed by atoms with van der Waals surface area (Å²) in [6.07, 6.45) is -8.44. The molecule has 0 saturated carbocycles. The van der Waals surface area contributed by atoms with Crippen molar-refractivity contribution in [3.63, 3.8) is 0 Å². The lowest BCUT2D eigenvalue weighted by molar-refractivity contribution is -0.138. The minimum atomic E-state index is -4.51. The molecule has 1 atom stereocenters. The van der Waals surface area contributed by atoms with Crippen molar-refractivity contribution in [2.24, 2.45) is 5.92 Å². The van der Waals surface area contributed by atoms with Gasteiger partial charge in [0.1, 0.15) is 5.78 Å². The van der Waals surface area contributed by atoms with E-state index in [-0.39, 0.29) is 11.7 Å². The second-order valence-corrected chi connectivity index (χ2v) is 9.47. The fraction of sp³-hybridized carbons (Fsp3) is 0.345. The molecule has 0 radical (unpaired) electrons. The van der Waals surface area contributed by atoms with Crippen LogP contribution < -0.4 is 4.90 Å². The van der Waals surface area contributed by atoms with Gasteiger partial charge in [-0.05, 0) is 85.3 Å². The standard InChI is InChI=1S/C29H29F6NO/c1-5-36(25-8-6-7-24(17-25)29(33,34)35)26-15-21(20-9-11-23(12-10-20)28(30,31)32)14-22(16-26)27(19(4)37)13-18(2)3/h6-12,14-18,27H,5,13H2,1-4H3. The lowest BCUT2D eigenvalue weighted by Gasteiger charge is -2.27. The highest BCUT2D eigenvalue weighted by Crippen LogP contribution is 2.38. The molecule has 0 spiro atoms. The molecule has 0 bridgehead atoms. The number of alkyl halides is 6. The zero-order valence-corrected chi connectivity index (χ0v) is 21.0. The first-order valence-electron chi connectivity index (χ1n) is 12.0. The summed E-state index contributed by atoms with van der Waals surface area (Å²) in [5.41, 5.74) is 1.03. The molecule has 3 aromatic carbocycles. The van der Waals surface area contributed by atoms with E-state index in [1.165, 1.54) is 25.1 Å². The molecule has 0 amide bonds. The Bertz CT molecular complexity index is 1230. The first kappa shape index (κ1) is 28.3. The molecule has 0 aliphatic heterocycles. The van der Waals surface area contributed by atoms with Crippen LogP contribution >= 0.6 is 0 Å². The van der Waals surface area contributed by atoms with Crippen molar-refractivity contribution >= 4 is 17.2 Å². The molecular weight excluding hydrogens is 492 g/mol. The van der Waals surface area contributed by atoms with Gasteiger partial charge < -0.3 is 4.90 Å². The zero-order chi connectivity index (χ0) is 27.5. The van der Waals surface area contributed by atoms with Crippen molar-refractivity contribution in [3.8, 4) is 11.1 Å². The number of carbonyl (C=O) groups is 1. The van der Waals surface area contributed by atoms with Crippen molar-refractivity contribution in [2.75, 3.05) is 11.4 Å². The lowest BCUT2D eigenvalue weighted by atomic mass is 9.85. The lowest BCUT2D eigenvalue weighted by Crippen LogP contribution is -2.18. The van der Waals surface area contributed by atoms with Gasteiger partial charge in [0.2, 0.25) is 0 Å². The number of nitrogens with zero attached hydrogens (tertiary/aromatic N) is 1. The normalized spacial score (nSPS) is 13.1. The van der Waals surface area contributed by atoms with Crippen molar-refractivity contribution in [3.05, 3.63) is 83.4 Å². The first-order valence-corrected chi connectivity index (χ1v) is 12.0. The molecule has 3 rings (SSSR count). The van der Waals surface area contributed by atoms with Crippen LogP contribution in [0.4, 0.5) is 37.7 Å². The molecule has 1 unspecified atom stereocenters. The van der Waals surface area contributed by atoms with E-state index in [0.29, 0.717) is 41.0 Å². The summed E-state index contributed by atoms with van der Waals surface area (Å²) in [6.45, 7) is 7.57. The Morgan fingerprint density at radius 1 is 0.784 bits per heavy atom. The smallest absolute Gasteiger partial charge is 0.342 e. The van der Waals surface area contributed by atoms with Crippen molar-refractivity contribution in [2.45, 2.75) is 52.4 Å². The summed E-state index contributed by atoms with van der Waals surface area (Å²) in [7, 11) is 0. The maximum absolute atomic E-state index is 13.4. The number of ketones is 1. The molecule has 0 N–H and O–H groups in total. The van der Waals surface area contributed by atoms with Gasteiger partial charge >= 0.3 is 12.4 Å². The van der Waals surface area contributed by atoms with E-state index < -0.39 is 29.4 Å². The number of halogens is 6. The van der Waals surface area contributed by atoms with Gasteiger partial charge in [-0.2, -0.15) is 26.3 Å². The van der Waals surface area contributed by atoms with Crippen molar-refractivity contribution < 1.29 is 31.1 Å². The summed E-state index contributed by atoms with van der Waals surface area (Å²) in [4.78, 5) is 14.3. The summed E-state index contributed by atoms with van der Waals surface area (Å²) < 4.78 is 79.4. The van der Waals surface area contributed by atoms with Gasteiger partial charge in [0.25, 0.3) is 0 Å². The molecule has 0 aliphatic carbocycles. The van der Waals surface area contributed by atoms with Crippen LogP contribution in [0.25, 0.3) is 11.1 Å². The van der Waals surface area contributed by atoms with E-state index in [9.17, 15) is 31.1 Å². The number of Topliss-reactive ketones (excluding diaryl/α,β-unsaturated/α-hetero) is 1. The van der Waals surface area contributed by atoms with Gasteiger partial charge in [-0.15, -0.1) is 0 Å². The third kappa shape index (κ3) is 6.93. The average Bonchev–Trinajstić information content (AvgIpc) is 2.82. The second-order valence-electron chi connectivity index (χ2n) is 9.47. The zero-order valence-electron chi connectivity index (χ0n) is 21.0. The van der Waals surface area contributed by atoms with Gasteiger partial charge in [-0.3, -0.25) is 4.79 Å². The maximum atomic E-state index is 13.4. The third-order valence-corrected chi connectivity index (χ3v) is 6.20. The Morgan fingerprint density at radius 3 is 1.92 bits per heavy atom. The van der Waals surface area contributed by atoms with Crippen molar-refractivity contribution in [1.29, 1.82) is 0 Å². The van der Waals surface area contributed by atoms with Crippen LogP contribution in [0.15, 0.2) is 66.7 Å². The maximum Gasteiger partial charge on any atom is 0.416 e. The van der Waals surface area contributed by atoms with E-state index in [4.69, 9.17) is 0 Å². The Balaban J connectivity index is 2.19. The molecule has 37 heavy (non-hydrogen) atoms. The molecule has 0 saturated heterocycles. The minimum Gasteiger partial charge on any atom is -0.342 e. The summed E-state index contributed by atoms with van der Waals surface area (Å²) in [5.74, 6) is -0.336. The molecule has 198 valence electrons. The van der Waals surface area contributed by atoms with Crippen molar-refractivity contribution in [1.82, 2.24) is 0 Å². The van der Waals surface area contributed by atoms with Crippen LogP contribution in [-0.2, 0) is 17.1 Å². The molecule has 0 fully saturated rings. The predicted molar refractivity (Wildman–Crippen MR) is 134 cm³/mol. The molecule has 0 heterocycles. The van der Waals surface area contributed by atoms with E-state index in [1.807, 2.05) is 13.8 Å². The van der Waals surface area contributed by atoms with E-state index >= 15 is 0 Å². The van der Waals surface area contributed by atoms with E-state index in [2.05, 4.69) is 0 Å². The monoisotopic (exact) mass is 521 g/mol. The molecule has 0 aliphatic rings. The predicted octanol–water partition coefficient (Wildman–Crippen LogP) is 9.27. The topological polar surface area (TPSA) is 20.3 Å². The van der Waals surface area contributed by atoms with Gasteiger partial charge in [-0.25, -0.2) is 0 Å². The second kappa shape index (κ2) is 11.0. The Kier molecular flexibility index (Phi) is 8.40. The van der Waals surface area contributed by atoms with Crippen LogP contribution in [0, 0.1) is 5.92 Å². The summed E-state index contributed by atoms with van der Waals surface area (Å²) in [5, 5.41) is 0. The highest BCUT2D eigenvalue weighted by atomic mass is 19.4. The van der Waals surface area contributed by atoms with Gasteiger partial charge in [0.15, 0.2) is 0 Å². The Labute approximate surface area is 212 Å². The van der Waals surface area contributed by atoms with Crippen LogP contribution in [0.1, 0.15) is 56.7 Å². The third-order valence-electron chi connectivity index (χ3n) is 6.20. The number of anilines is 2. The van der Waals surface area contributed by atoms with Gasteiger partial charge in [0, 0.05) is 23.8 Å². The number of hydrogen-bond acceptors (Lipinski definition) is 2. The highest BCUT2D eigenvalue weighted by Gasteiger charge is 2.31. The quantitative estimate of drug-likeness (QED) is 0.275. The fourth-order valence-corrected chi connectivity index (χ4v) is 4.38. The number of benzene rings is 3. The van der Waals surface area contributed by atoms with Gasteiger partial charge in [0.05, 0.1) is 11.1 Å². The largest absolute Gasteiger partial charge is 0.416 e. The highest BCUT2D eigenvalue weighted by molar-refractivity contribution is 5.85. The van der Waals surface area contributed by atoms with Crippen LogP contribution in [-0.4, -0.2) is 12.3 Å². The molecule has 8 heteroatoms. The van der Waals surface area contributed by atoms with Crippen LogP contribution in [0.5, 0.6) is 0 Å². The summed E-state index contributed by atoms with van der Waals surface area (Å²) in [6, 6.07) is 14.9. The van der Waals surface area contributed by atoms with Crippen LogP contribution in [0.3, 0.4) is 0 Å². The fourth-order valence-electron chi connectivity index (χ4n) is 4.38. The van der Waals surface area contributed by atoms with E-state index in [1.54, 1.807) is 36.1 Å². The van der Waals surface area contributed by atoms with E-state index in [0.717, 1.165) is 24.3 Å². The minimum absolute atomic E-state index is 0.0636. The molecular formula is C29H29F6NO. The summed E-state index contributed by atoms with van der Waals surface area (Å²) >= 11 is 0. The molecule has 2 nitrogen and oxygen atoms in total. The first-order chi connectivity index (χ1) is 17.2. The average molecular weight is 522 g/mol. The number of rotatable bonds is 8. The number of carbonyl (C=O) groups excluding carboxylic acids is 1. The van der Waals surface area contributed by atoms with Gasteiger partial charge in [-0.1, -0.05) is 38.1 Å². The molecule has 0 aromatic heterocycles. The molecule has 3 aromatic rings. The SMILES string of the molecule is CCN(c1cc(-c2ccc(C(F)(F)F)cc2)cc(C(CC(C)C)C(C)=O)c1)c1cccc(C(F)(F)F)c1. The Hall–Kier alpha value is -3.29.